The van der Waals surface area contributed by atoms with Crippen LogP contribution in [-0.4, -0.2) is 49.8 Å². The minimum absolute atomic E-state index is 0.473. The fourth-order valence-corrected chi connectivity index (χ4v) is 3.40. The van der Waals surface area contributed by atoms with Gasteiger partial charge in [-0.25, -0.2) is 0 Å². The first-order valence-corrected chi connectivity index (χ1v) is 8.51. The van der Waals surface area contributed by atoms with Crippen LogP contribution in [0.4, 0.5) is 0 Å². The molecule has 0 radical (unpaired) electrons. The van der Waals surface area contributed by atoms with Crippen LogP contribution in [0.5, 0.6) is 0 Å². The van der Waals surface area contributed by atoms with Gasteiger partial charge in [0.15, 0.2) is 0 Å². The molecule has 0 aliphatic carbocycles. The van der Waals surface area contributed by atoms with Gasteiger partial charge in [0.05, 0.1) is 6.10 Å². The van der Waals surface area contributed by atoms with Gasteiger partial charge in [-0.2, -0.15) is 0 Å². The molecule has 0 amide bonds. The van der Waals surface area contributed by atoms with Gasteiger partial charge in [0.25, 0.3) is 0 Å². The van der Waals surface area contributed by atoms with Crippen LogP contribution in [0.25, 0.3) is 0 Å². The van der Waals surface area contributed by atoms with Gasteiger partial charge in [0.2, 0.25) is 0 Å². The molecule has 2 saturated heterocycles. The predicted octanol–water partition coefficient (Wildman–Crippen LogP) is 2.46. The molecule has 3 heteroatoms. The number of ether oxygens (including phenoxy) is 1. The lowest BCUT2D eigenvalue weighted by Gasteiger charge is -2.33. The molecular formula is C18H28N2O. The van der Waals surface area contributed by atoms with Gasteiger partial charge in [-0.1, -0.05) is 30.3 Å². The Bertz CT molecular complexity index is 395. The number of rotatable bonds is 6. The highest BCUT2D eigenvalue weighted by molar-refractivity contribution is 5.14. The van der Waals surface area contributed by atoms with Crippen molar-refractivity contribution in [3.05, 3.63) is 35.9 Å². The van der Waals surface area contributed by atoms with Crippen LogP contribution in [0.3, 0.4) is 0 Å². The number of benzene rings is 1. The molecule has 2 aliphatic rings. The zero-order valence-electron chi connectivity index (χ0n) is 13.0. The molecule has 1 atom stereocenters. The number of piperidine rings is 1. The molecule has 0 aromatic heterocycles. The lowest BCUT2D eigenvalue weighted by molar-refractivity contribution is 0.102. The third kappa shape index (κ3) is 4.80. The Balaban J connectivity index is 1.31. The van der Waals surface area contributed by atoms with Crippen LogP contribution in [0, 0.1) is 0 Å². The average molecular weight is 288 g/mol. The molecule has 0 bridgehead atoms. The van der Waals surface area contributed by atoms with Gasteiger partial charge in [-0.15, -0.1) is 0 Å². The van der Waals surface area contributed by atoms with E-state index in [1.165, 1.54) is 57.3 Å². The van der Waals surface area contributed by atoms with Crippen LogP contribution in [0.15, 0.2) is 30.3 Å². The molecule has 1 aromatic carbocycles. The van der Waals surface area contributed by atoms with Crippen molar-refractivity contribution in [1.82, 2.24) is 10.2 Å². The summed E-state index contributed by atoms with van der Waals surface area (Å²) >= 11 is 0. The normalized spacial score (nSPS) is 24.5. The smallest absolute Gasteiger partial charge is 0.0700 e. The van der Waals surface area contributed by atoms with Gasteiger partial charge in [-0.05, 0) is 50.8 Å². The molecule has 2 aliphatic heterocycles. The monoisotopic (exact) mass is 288 g/mol. The van der Waals surface area contributed by atoms with E-state index in [-0.39, 0.29) is 0 Å². The lowest BCUT2D eigenvalue weighted by atomic mass is 10.0. The van der Waals surface area contributed by atoms with Crippen molar-refractivity contribution in [3.8, 4) is 0 Å². The van der Waals surface area contributed by atoms with Crippen molar-refractivity contribution in [2.75, 3.05) is 32.8 Å². The second-order valence-corrected chi connectivity index (χ2v) is 6.39. The minimum Gasteiger partial charge on any atom is -0.377 e. The number of nitrogens with zero attached hydrogens (tertiary/aromatic N) is 1. The van der Waals surface area contributed by atoms with Crippen molar-refractivity contribution < 1.29 is 4.74 Å². The zero-order valence-corrected chi connectivity index (χ0v) is 13.0. The number of hydrogen-bond donors (Lipinski definition) is 1. The quantitative estimate of drug-likeness (QED) is 0.870. The topological polar surface area (TPSA) is 24.5 Å². The fourth-order valence-electron chi connectivity index (χ4n) is 3.40. The molecular weight excluding hydrogens is 260 g/mol. The van der Waals surface area contributed by atoms with Crippen molar-refractivity contribution in [2.24, 2.45) is 0 Å². The molecule has 2 fully saturated rings. The van der Waals surface area contributed by atoms with Crippen LogP contribution in [0.1, 0.15) is 31.2 Å². The predicted molar refractivity (Wildman–Crippen MR) is 86.6 cm³/mol. The highest BCUT2D eigenvalue weighted by Gasteiger charge is 2.21. The molecule has 0 unspecified atom stereocenters. The van der Waals surface area contributed by atoms with E-state index in [9.17, 15) is 0 Å². The largest absolute Gasteiger partial charge is 0.377 e. The third-order valence-corrected chi connectivity index (χ3v) is 4.81. The maximum atomic E-state index is 5.68. The van der Waals surface area contributed by atoms with E-state index in [1.54, 1.807) is 0 Å². The first-order valence-electron chi connectivity index (χ1n) is 8.51. The van der Waals surface area contributed by atoms with Gasteiger partial charge in [-0.3, -0.25) is 0 Å². The SMILES string of the molecule is c1ccc(CCN2CCC(NC[C@H]3CCCO3)CC2)cc1. The standard InChI is InChI=1S/C18H28N2O/c1-2-5-16(6-3-1)8-11-20-12-9-17(10-13-20)19-15-18-7-4-14-21-18/h1-3,5-6,17-19H,4,7-15H2/t18-/m1/s1. The van der Waals surface area contributed by atoms with Crippen LogP contribution in [0.2, 0.25) is 0 Å². The summed E-state index contributed by atoms with van der Waals surface area (Å²) in [6, 6.07) is 11.5. The summed E-state index contributed by atoms with van der Waals surface area (Å²) in [7, 11) is 0. The first kappa shape index (κ1) is 15.0. The van der Waals surface area contributed by atoms with Gasteiger partial charge < -0.3 is 15.0 Å². The van der Waals surface area contributed by atoms with E-state index in [1.807, 2.05) is 0 Å². The Labute approximate surface area is 128 Å². The average Bonchev–Trinajstić information content (AvgIpc) is 3.06. The molecule has 116 valence electrons. The minimum atomic E-state index is 0.473. The van der Waals surface area contributed by atoms with Gasteiger partial charge in [0.1, 0.15) is 0 Å². The van der Waals surface area contributed by atoms with E-state index in [0.717, 1.165) is 13.2 Å². The maximum absolute atomic E-state index is 5.68. The molecule has 1 aromatic rings. The van der Waals surface area contributed by atoms with E-state index in [0.29, 0.717) is 12.1 Å². The summed E-state index contributed by atoms with van der Waals surface area (Å²) in [5, 5.41) is 3.71. The Morgan fingerprint density at radius 2 is 1.90 bits per heavy atom. The maximum Gasteiger partial charge on any atom is 0.0700 e. The fraction of sp³-hybridized carbons (Fsp3) is 0.667. The van der Waals surface area contributed by atoms with Crippen LogP contribution < -0.4 is 5.32 Å². The molecule has 3 rings (SSSR count). The molecule has 3 nitrogen and oxygen atoms in total. The number of hydrogen-bond acceptors (Lipinski definition) is 3. The summed E-state index contributed by atoms with van der Waals surface area (Å²) in [5.41, 5.74) is 1.45. The van der Waals surface area contributed by atoms with Gasteiger partial charge in [0, 0.05) is 25.7 Å². The molecule has 21 heavy (non-hydrogen) atoms. The van der Waals surface area contributed by atoms with Crippen LogP contribution in [-0.2, 0) is 11.2 Å². The Morgan fingerprint density at radius 3 is 2.62 bits per heavy atom. The molecule has 0 saturated carbocycles. The highest BCUT2D eigenvalue weighted by Crippen LogP contribution is 2.14. The Kier molecular flexibility index (Phi) is 5.67. The summed E-state index contributed by atoms with van der Waals surface area (Å²) < 4.78 is 5.68. The van der Waals surface area contributed by atoms with Crippen molar-refractivity contribution >= 4 is 0 Å². The van der Waals surface area contributed by atoms with E-state index in [2.05, 4.69) is 40.5 Å². The molecule has 0 spiro atoms. The van der Waals surface area contributed by atoms with Crippen LogP contribution >= 0.6 is 0 Å². The number of nitrogens with one attached hydrogen (secondary N) is 1. The second-order valence-electron chi connectivity index (χ2n) is 6.39. The van der Waals surface area contributed by atoms with Crippen molar-refractivity contribution in [1.29, 1.82) is 0 Å². The zero-order chi connectivity index (χ0) is 14.3. The first-order chi connectivity index (χ1) is 10.4. The second kappa shape index (κ2) is 7.92. The summed E-state index contributed by atoms with van der Waals surface area (Å²) in [6.07, 6.45) is 6.69. The van der Waals surface area contributed by atoms with E-state index >= 15 is 0 Å². The summed E-state index contributed by atoms with van der Waals surface area (Å²) in [5.74, 6) is 0. The van der Waals surface area contributed by atoms with Gasteiger partial charge >= 0.3 is 0 Å². The summed E-state index contributed by atoms with van der Waals surface area (Å²) in [4.78, 5) is 2.61. The van der Waals surface area contributed by atoms with E-state index < -0.39 is 0 Å². The molecule has 2 heterocycles. The highest BCUT2D eigenvalue weighted by atomic mass is 16.5. The van der Waals surface area contributed by atoms with Crippen molar-refractivity contribution in [3.63, 3.8) is 0 Å². The molecule has 1 N–H and O–H groups in total. The number of likely N-dealkylation sites (tertiary alicyclic amines) is 1. The Hall–Kier alpha value is -0.900. The Morgan fingerprint density at radius 1 is 1.10 bits per heavy atom. The van der Waals surface area contributed by atoms with E-state index in [4.69, 9.17) is 4.74 Å². The lowest BCUT2D eigenvalue weighted by Crippen LogP contribution is -2.45. The summed E-state index contributed by atoms with van der Waals surface area (Å²) in [6.45, 7) is 5.67. The van der Waals surface area contributed by atoms with Crippen molar-refractivity contribution in [2.45, 2.75) is 44.2 Å². The third-order valence-electron chi connectivity index (χ3n) is 4.81.